The van der Waals surface area contributed by atoms with Crippen LogP contribution < -0.4 is 4.74 Å². The highest BCUT2D eigenvalue weighted by molar-refractivity contribution is 6.33. The van der Waals surface area contributed by atoms with Gasteiger partial charge in [0, 0.05) is 5.56 Å². The van der Waals surface area contributed by atoms with E-state index in [1.165, 1.54) is 0 Å². The van der Waals surface area contributed by atoms with Gasteiger partial charge in [0.25, 0.3) is 5.78 Å². The molecule has 18 heavy (non-hydrogen) atoms. The summed E-state index contributed by atoms with van der Waals surface area (Å²) >= 11 is 0. The van der Waals surface area contributed by atoms with E-state index in [4.69, 9.17) is 10.3 Å². The molecule has 0 aliphatic carbocycles. The molecular formula is C14H10N2O2. The summed E-state index contributed by atoms with van der Waals surface area (Å²) in [5, 5.41) is 0. The zero-order valence-corrected chi connectivity index (χ0v) is 9.48. The van der Waals surface area contributed by atoms with Crippen molar-refractivity contribution in [2.75, 3.05) is 0 Å². The van der Waals surface area contributed by atoms with E-state index in [0.29, 0.717) is 17.1 Å². The Hall–Kier alpha value is -2.71. The van der Waals surface area contributed by atoms with Gasteiger partial charge in [-0.25, -0.2) is 0 Å². The van der Waals surface area contributed by atoms with Crippen molar-refractivity contribution in [3.63, 3.8) is 0 Å². The van der Waals surface area contributed by atoms with E-state index in [1.54, 1.807) is 24.3 Å². The van der Waals surface area contributed by atoms with E-state index in [1.807, 2.05) is 30.3 Å². The Balaban J connectivity index is 2.22. The van der Waals surface area contributed by atoms with Crippen LogP contribution in [0.5, 0.6) is 11.5 Å². The van der Waals surface area contributed by atoms with Gasteiger partial charge in [0.15, 0.2) is 0 Å². The Morgan fingerprint density at radius 2 is 1.78 bits per heavy atom. The summed E-state index contributed by atoms with van der Waals surface area (Å²) in [6.07, 6.45) is 0.849. The maximum atomic E-state index is 11.5. The number of ether oxygens (including phenoxy) is 1. The van der Waals surface area contributed by atoms with E-state index in [0.717, 1.165) is 6.21 Å². The minimum absolute atomic E-state index is 0.379. The molecule has 0 saturated carbocycles. The van der Waals surface area contributed by atoms with Crippen molar-refractivity contribution in [1.29, 1.82) is 0 Å². The van der Waals surface area contributed by atoms with E-state index in [9.17, 15) is 4.79 Å². The Kier molecular flexibility index (Phi) is 3.64. The summed E-state index contributed by atoms with van der Waals surface area (Å²) in [5.74, 6) is 0.868. The number of nitrogens with zero attached hydrogens (tertiary/aromatic N) is 2. The Morgan fingerprint density at radius 1 is 1.06 bits per heavy atom. The molecule has 0 unspecified atom stereocenters. The maximum absolute atomic E-state index is 11.5. The first-order valence-electron chi connectivity index (χ1n) is 5.34. The normalized spacial score (nSPS) is 9.33. The van der Waals surface area contributed by atoms with Crippen LogP contribution >= 0.6 is 0 Å². The first-order chi connectivity index (χ1) is 8.79. The number of Topliss-reactive ketones (excluding diaryl/α,β-unsaturated/α-hetero) is 1. The topological polar surface area (TPSA) is 62.7 Å². The molecule has 0 aromatic heterocycles. The molecule has 4 heteroatoms. The fraction of sp³-hybridized carbons (Fsp3) is 0. The summed E-state index contributed by atoms with van der Waals surface area (Å²) in [6, 6.07) is 15.9. The molecule has 2 aromatic rings. The van der Waals surface area contributed by atoms with Gasteiger partial charge >= 0.3 is 6.21 Å². The SMILES string of the molecule is [N-]=[N+]=CC(=O)c1cccc(Oc2ccccc2)c1. The van der Waals surface area contributed by atoms with Crippen molar-refractivity contribution in [3.05, 3.63) is 65.7 Å². The van der Waals surface area contributed by atoms with Gasteiger partial charge in [-0.05, 0) is 24.3 Å². The quantitative estimate of drug-likeness (QED) is 0.356. The third kappa shape index (κ3) is 2.90. The van der Waals surface area contributed by atoms with Crippen molar-refractivity contribution in [3.8, 4) is 11.5 Å². The lowest BCUT2D eigenvalue weighted by atomic mass is 10.1. The van der Waals surface area contributed by atoms with Gasteiger partial charge in [-0.15, -0.1) is 0 Å². The Labute approximate surface area is 104 Å². The van der Waals surface area contributed by atoms with Crippen molar-refractivity contribution in [1.82, 2.24) is 0 Å². The van der Waals surface area contributed by atoms with E-state index < -0.39 is 0 Å². The highest BCUT2D eigenvalue weighted by Gasteiger charge is 2.08. The summed E-state index contributed by atoms with van der Waals surface area (Å²) in [6.45, 7) is 0. The van der Waals surface area contributed by atoms with Gasteiger partial charge in [-0.3, -0.25) is 4.79 Å². The molecule has 0 amide bonds. The van der Waals surface area contributed by atoms with E-state index in [2.05, 4.69) is 4.79 Å². The second kappa shape index (κ2) is 5.57. The van der Waals surface area contributed by atoms with Crippen LogP contribution in [0.15, 0.2) is 54.6 Å². The minimum atomic E-state index is -0.379. The molecule has 2 rings (SSSR count). The third-order valence-electron chi connectivity index (χ3n) is 2.27. The molecule has 2 aromatic carbocycles. The molecule has 0 spiro atoms. The molecule has 0 saturated heterocycles. The molecular weight excluding hydrogens is 228 g/mol. The first-order valence-corrected chi connectivity index (χ1v) is 5.34. The van der Waals surface area contributed by atoms with Crippen LogP contribution in [-0.2, 0) is 0 Å². The monoisotopic (exact) mass is 238 g/mol. The van der Waals surface area contributed by atoms with Gasteiger partial charge in [-0.2, -0.15) is 4.79 Å². The van der Waals surface area contributed by atoms with Crippen LogP contribution in [-0.4, -0.2) is 16.8 Å². The van der Waals surface area contributed by atoms with Gasteiger partial charge in [-0.1, -0.05) is 30.3 Å². The number of hydrogen-bond acceptors (Lipinski definition) is 2. The standard InChI is InChI=1S/C14H10N2O2/c15-16-10-14(17)11-5-4-8-13(9-11)18-12-6-2-1-3-7-12/h1-10H. The van der Waals surface area contributed by atoms with Crippen molar-refractivity contribution >= 4 is 12.0 Å². The number of ketones is 1. The van der Waals surface area contributed by atoms with Gasteiger partial charge < -0.3 is 10.3 Å². The first kappa shape index (κ1) is 11.8. The number of hydrogen-bond donors (Lipinski definition) is 0. The van der Waals surface area contributed by atoms with Crippen molar-refractivity contribution in [2.24, 2.45) is 0 Å². The summed E-state index contributed by atoms with van der Waals surface area (Å²) in [5.41, 5.74) is 8.72. The molecule has 0 aliphatic rings. The highest BCUT2D eigenvalue weighted by Crippen LogP contribution is 2.21. The number of para-hydroxylation sites is 1. The van der Waals surface area contributed by atoms with Crippen molar-refractivity contribution < 1.29 is 14.3 Å². The smallest absolute Gasteiger partial charge is 0.328 e. The largest absolute Gasteiger partial charge is 0.457 e. The molecule has 0 aliphatic heterocycles. The Bertz CT molecular complexity index is 602. The molecule has 0 atom stereocenters. The van der Waals surface area contributed by atoms with Crippen LogP contribution in [0.3, 0.4) is 0 Å². The molecule has 0 fully saturated rings. The average Bonchev–Trinajstić information content (AvgIpc) is 2.40. The number of carbonyl (C=O) groups is 1. The lowest BCUT2D eigenvalue weighted by molar-refractivity contribution is 0.00235. The summed E-state index contributed by atoms with van der Waals surface area (Å²) < 4.78 is 5.59. The molecule has 4 nitrogen and oxygen atoms in total. The van der Waals surface area contributed by atoms with Crippen LogP contribution in [0.4, 0.5) is 0 Å². The fourth-order valence-corrected chi connectivity index (χ4v) is 1.46. The van der Waals surface area contributed by atoms with Crippen LogP contribution in [0.1, 0.15) is 10.4 Å². The molecule has 0 N–H and O–H groups in total. The summed E-state index contributed by atoms with van der Waals surface area (Å²) in [4.78, 5) is 14.2. The molecule has 0 bridgehead atoms. The number of carbonyl (C=O) groups excluding carboxylic acids is 1. The maximum Gasteiger partial charge on any atom is 0.328 e. The number of rotatable bonds is 4. The van der Waals surface area contributed by atoms with Gasteiger partial charge in [0.2, 0.25) is 0 Å². The molecule has 0 radical (unpaired) electrons. The Morgan fingerprint density at radius 3 is 2.50 bits per heavy atom. The zero-order chi connectivity index (χ0) is 12.8. The zero-order valence-electron chi connectivity index (χ0n) is 9.48. The highest BCUT2D eigenvalue weighted by atomic mass is 16.5. The van der Waals surface area contributed by atoms with Gasteiger partial charge in [0.1, 0.15) is 11.5 Å². The average molecular weight is 238 g/mol. The lowest BCUT2D eigenvalue weighted by Gasteiger charge is -2.05. The predicted octanol–water partition coefficient (Wildman–Crippen LogP) is 2.96. The lowest BCUT2D eigenvalue weighted by Crippen LogP contribution is -2.00. The summed E-state index contributed by atoms with van der Waals surface area (Å²) in [7, 11) is 0. The van der Waals surface area contributed by atoms with E-state index in [-0.39, 0.29) is 5.78 Å². The van der Waals surface area contributed by atoms with Crippen LogP contribution in [0, 0.1) is 0 Å². The molecule has 88 valence electrons. The second-order valence-electron chi connectivity index (χ2n) is 3.55. The second-order valence-corrected chi connectivity index (χ2v) is 3.55. The molecule has 0 heterocycles. The van der Waals surface area contributed by atoms with Crippen molar-refractivity contribution in [2.45, 2.75) is 0 Å². The van der Waals surface area contributed by atoms with Crippen LogP contribution in [0.25, 0.3) is 5.53 Å². The third-order valence-corrected chi connectivity index (χ3v) is 2.27. The van der Waals surface area contributed by atoms with E-state index >= 15 is 0 Å². The number of benzene rings is 2. The fourth-order valence-electron chi connectivity index (χ4n) is 1.46. The van der Waals surface area contributed by atoms with Crippen LogP contribution in [0.2, 0.25) is 0 Å². The predicted molar refractivity (Wildman–Crippen MR) is 67.0 cm³/mol. The minimum Gasteiger partial charge on any atom is -0.457 e. The van der Waals surface area contributed by atoms with Gasteiger partial charge in [0.05, 0.1) is 0 Å².